The molecule has 2 atom stereocenters. The predicted octanol–water partition coefficient (Wildman–Crippen LogP) is 35.8. The summed E-state index contributed by atoms with van der Waals surface area (Å²) in [6.45, 7) is 4.85. The van der Waals surface area contributed by atoms with Crippen molar-refractivity contribution < 1.29 is 0 Å². The maximum absolute atomic E-state index is 2.55. The third-order valence-corrected chi connectivity index (χ3v) is 31.8. The topological polar surface area (TPSA) is 16.3 Å². The van der Waals surface area contributed by atoms with Crippen molar-refractivity contribution >= 4 is 77.7 Å². The number of nitrogens with zero attached hydrogens (tertiary/aromatic N) is 4. The molecule has 29 rings (SSSR count). The second-order valence-electron chi connectivity index (χ2n) is 39.2. The van der Waals surface area contributed by atoms with E-state index in [1.165, 1.54) is 188 Å². The van der Waals surface area contributed by atoms with Gasteiger partial charge in [0.15, 0.2) is 0 Å². The maximum Gasteiger partial charge on any atom is 0.0726 e. The molecule has 0 bridgehead atoms. The molecule has 0 amide bonds. The van der Waals surface area contributed by atoms with E-state index < -0.39 is 10.8 Å². The molecule has 0 fully saturated rings. The largest absolute Gasteiger partial charge is 0.310 e. The van der Waals surface area contributed by atoms with Crippen LogP contribution in [0.15, 0.2) is 510 Å². The fourth-order valence-corrected chi connectivity index (χ4v) is 25.5. The third-order valence-electron chi connectivity index (χ3n) is 31.8. The molecule has 24 aromatic rings. The van der Waals surface area contributed by atoms with Gasteiger partial charge < -0.3 is 18.9 Å². The lowest BCUT2D eigenvalue weighted by Crippen LogP contribution is -2.25. The van der Waals surface area contributed by atoms with Crippen molar-refractivity contribution in [3.63, 3.8) is 0 Å². The van der Waals surface area contributed by atoms with Crippen LogP contribution < -0.4 is 9.80 Å². The monoisotopic (exact) mass is 1790 g/mol. The minimum Gasteiger partial charge on any atom is -0.310 e. The highest BCUT2D eigenvalue weighted by Crippen LogP contribution is 2.68. The Morgan fingerprint density at radius 2 is 0.433 bits per heavy atom. The predicted molar refractivity (Wildman–Crippen MR) is 587 cm³/mol. The Kier molecular flexibility index (Phi) is 17.7. The number of para-hydroxylation sites is 5. The number of aromatic nitrogens is 2. The molecule has 2 unspecified atom stereocenters. The molecular formula is C137H90N4. The van der Waals surface area contributed by atoms with Crippen molar-refractivity contribution in [3.8, 4) is 134 Å². The Morgan fingerprint density at radius 3 is 0.872 bits per heavy atom. The number of anilines is 6. The number of benzene rings is 22. The number of fused-ring (bicyclic) bond motifs is 31. The van der Waals surface area contributed by atoms with Gasteiger partial charge in [0, 0.05) is 72.5 Å². The highest BCUT2D eigenvalue weighted by molar-refractivity contribution is 6.21. The summed E-state index contributed by atoms with van der Waals surface area (Å²) in [6, 6.07) is 191. The summed E-state index contributed by atoms with van der Waals surface area (Å²) in [6.07, 6.45) is 0. The van der Waals surface area contributed by atoms with E-state index in [0.717, 1.165) is 78.9 Å². The molecule has 5 aliphatic rings. The smallest absolute Gasteiger partial charge is 0.0726 e. The molecule has 658 valence electrons. The van der Waals surface area contributed by atoms with Gasteiger partial charge in [0.25, 0.3) is 0 Å². The van der Waals surface area contributed by atoms with E-state index in [9.17, 15) is 0 Å². The van der Waals surface area contributed by atoms with Gasteiger partial charge in [0.05, 0.1) is 32.9 Å². The van der Waals surface area contributed by atoms with Crippen LogP contribution in [0, 0.1) is 0 Å². The molecule has 0 radical (unpaired) electrons. The van der Waals surface area contributed by atoms with Gasteiger partial charge in [-0.25, -0.2) is 0 Å². The summed E-state index contributed by atoms with van der Waals surface area (Å²) in [5.74, 6) is 0. The lowest BCUT2D eigenvalue weighted by atomic mass is 9.70. The van der Waals surface area contributed by atoms with Crippen molar-refractivity contribution in [2.24, 2.45) is 0 Å². The Balaban J connectivity index is 0.449. The summed E-state index contributed by atoms with van der Waals surface area (Å²) < 4.78 is 4.91. The summed E-state index contributed by atoms with van der Waals surface area (Å²) in [7, 11) is 0. The van der Waals surface area contributed by atoms with Crippen molar-refractivity contribution in [1.29, 1.82) is 0 Å². The fourth-order valence-electron chi connectivity index (χ4n) is 25.5. The summed E-state index contributed by atoms with van der Waals surface area (Å²) in [5, 5.41) is 5.13. The summed E-state index contributed by atoms with van der Waals surface area (Å²) in [5.41, 5.74) is 52.7. The molecule has 4 nitrogen and oxygen atoms in total. The lowest BCUT2D eigenvalue weighted by Gasteiger charge is -2.31. The van der Waals surface area contributed by atoms with Crippen LogP contribution in [-0.4, -0.2) is 9.13 Å². The summed E-state index contributed by atoms with van der Waals surface area (Å²) in [4.78, 5) is 4.81. The molecule has 0 N–H and O–H groups in total. The van der Waals surface area contributed by atoms with Crippen LogP contribution >= 0.6 is 0 Å². The first-order valence-corrected chi connectivity index (χ1v) is 49.2. The van der Waals surface area contributed by atoms with E-state index in [4.69, 9.17) is 0 Å². The van der Waals surface area contributed by atoms with Crippen LogP contribution in [0.1, 0.15) is 69.5 Å². The average Bonchev–Trinajstić information content (AvgIpc) is 1.50. The molecule has 2 heterocycles. The summed E-state index contributed by atoms with van der Waals surface area (Å²) >= 11 is 0. The molecule has 0 aliphatic heterocycles. The SMILES string of the molecule is CC1(C)c2cc(-c3ccc4c(c3)C3(c5ccccc5-4)c4ccccc4-c4c3ccc3c4c4ccccc4n3-c3ccccc3)ccc2-c2ccc(N(c3ccc(-c4ccccc4)cc3)c3ccc(-c4ccc(-c5ccc(N(c6ccccc6)c6cccc(-c7ccc(-c8ccc9c(c8)C8(c%10ccccc%10-9)c9ccccc9-c9c8ccc8c9c9ccccc9n8-c8ccccc8)cc7)c6)cc5)cc4)cc3)cc21. The van der Waals surface area contributed by atoms with E-state index in [1.54, 1.807) is 0 Å². The van der Waals surface area contributed by atoms with Gasteiger partial charge in [0.2, 0.25) is 0 Å². The number of rotatable bonds is 14. The highest BCUT2D eigenvalue weighted by Gasteiger charge is 2.55. The zero-order chi connectivity index (χ0) is 92.9. The quantitative estimate of drug-likeness (QED) is 0.108. The molecule has 0 saturated carbocycles. The second kappa shape index (κ2) is 31.0. The highest BCUT2D eigenvalue weighted by atomic mass is 15.1. The number of hydrogen-bond donors (Lipinski definition) is 0. The molecule has 141 heavy (non-hydrogen) atoms. The zero-order valence-corrected chi connectivity index (χ0v) is 77.8. The van der Waals surface area contributed by atoms with Crippen LogP contribution in [0.2, 0.25) is 0 Å². The van der Waals surface area contributed by atoms with Crippen molar-refractivity contribution in [1.82, 2.24) is 9.13 Å². The Labute approximate surface area is 819 Å². The fraction of sp³-hybridized carbons (Fsp3) is 0.0365. The maximum atomic E-state index is 2.55. The van der Waals surface area contributed by atoms with Crippen LogP contribution in [-0.2, 0) is 16.2 Å². The Hall–Kier alpha value is -18.0. The minimum absolute atomic E-state index is 0.330. The first kappa shape index (κ1) is 80.3. The van der Waals surface area contributed by atoms with Crippen LogP contribution in [0.3, 0.4) is 0 Å². The Bertz CT molecular complexity index is 9270. The third kappa shape index (κ3) is 11.8. The van der Waals surface area contributed by atoms with Crippen molar-refractivity contribution in [3.05, 3.63) is 565 Å². The van der Waals surface area contributed by atoms with Crippen LogP contribution in [0.25, 0.3) is 177 Å². The van der Waals surface area contributed by atoms with Crippen LogP contribution in [0.5, 0.6) is 0 Å². The molecule has 4 heteroatoms. The van der Waals surface area contributed by atoms with Gasteiger partial charge >= 0.3 is 0 Å². The normalized spacial score (nSPS) is 14.9. The van der Waals surface area contributed by atoms with Crippen molar-refractivity contribution in [2.45, 2.75) is 30.1 Å². The van der Waals surface area contributed by atoms with Gasteiger partial charge in [-0.05, 0) is 318 Å². The molecule has 5 aliphatic carbocycles. The Morgan fingerprint density at radius 1 is 0.163 bits per heavy atom. The average molecular weight is 1790 g/mol. The first-order chi connectivity index (χ1) is 69.7. The van der Waals surface area contributed by atoms with Crippen LogP contribution in [0.4, 0.5) is 34.1 Å². The van der Waals surface area contributed by atoms with E-state index in [1.807, 2.05) is 0 Å². The van der Waals surface area contributed by atoms with Gasteiger partial charge in [-0.3, -0.25) is 0 Å². The van der Waals surface area contributed by atoms with E-state index >= 15 is 0 Å². The second-order valence-corrected chi connectivity index (χ2v) is 39.2. The van der Waals surface area contributed by atoms with E-state index in [2.05, 4.69) is 542 Å². The lowest BCUT2D eigenvalue weighted by molar-refractivity contribution is 0.660. The molecule has 22 aromatic carbocycles. The van der Waals surface area contributed by atoms with E-state index in [0.29, 0.717) is 0 Å². The molecular weight excluding hydrogens is 1700 g/mol. The molecule has 2 spiro atoms. The molecule has 0 saturated heterocycles. The van der Waals surface area contributed by atoms with E-state index in [-0.39, 0.29) is 5.41 Å². The minimum atomic E-state index is -0.541. The van der Waals surface area contributed by atoms with Gasteiger partial charge in [-0.1, -0.05) is 384 Å². The van der Waals surface area contributed by atoms with Gasteiger partial charge in [-0.2, -0.15) is 0 Å². The van der Waals surface area contributed by atoms with Gasteiger partial charge in [0.1, 0.15) is 0 Å². The van der Waals surface area contributed by atoms with Crippen molar-refractivity contribution in [2.75, 3.05) is 9.80 Å². The molecule has 2 aromatic heterocycles. The van der Waals surface area contributed by atoms with Gasteiger partial charge in [-0.15, -0.1) is 0 Å². The first-order valence-electron chi connectivity index (χ1n) is 49.2. The zero-order valence-electron chi connectivity index (χ0n) is 77.8. The standard InChI is InChI=1S/C137H90N4/c1-135(2)123-83-97(98-66-76-112-108-39-16-22-45-118(108)137(126(112)85-98)120-47-24-18-41-114(120)132-122(137)79-81-130-134(132)116-43-20-26-49-128(116)141(130)101-35-13-6-14-36-101)65-74-109(123)110-77-73-106(86-124(110)135)139(103-67-58-90(59-68-103)87-28-7-3-8-29-87)104-71-62-92(63-72-104)89-52-50-88(51-53-89)91-60-69-102(70-61-91)138(99-31-9-4-10-32-99)105-37-27-30-95(82-105)93-54-56-94(57-55-93)96-64-75-111-107-38-15-21-44-117(107)136(125(111)84-96)119-46-23-17-40-113(119)131-121(136)78-80-129-133(131)115-42-19-25-48-127(115)140(129)100-33-11-5-12-34-100/h3-86H,1-2H3. The number of hydrogen-bond acceptors (Lipinski definition) is 2.